The van der Waals surface area contributed by atoms with Gasteiger partial charge in [0, 0.05) is 6.04 Å². The molecule has 0 radical (unpaired) electrons. The maximum absolute atomic E-state index is 13.1. The van der Waals surface area contributed by atoms with Crippen LogP contribution in [-0.2, 0) is 0 Å². The summed E-state index contributed by atoms with van der Waals surface area (Å²) < 4.78 is 13.1. The zero-order valence-electron chi connectivity index (χ0n) is 9.05. The summed E-state index contributed by atoms with van der Waals surface area (Å²) in [5, 5.41) is 4.02. The molecule has 0 saturated heterocycles. The first-order valence-electron chi connectivity index (χ1n) is 5.94. The Kier molecular flexibility index (Phi) is 2.55. The van der Waals surface area contributed by atoms with E-state index in [0.717, 1.165) is 17.5 Å². The van der Waals surface area contributed by atoms with Crippen molar-refractivity contribution in [2.24, 2.45) is 11.8 Å². The summed E-state index contributed by atoms with van der Waals surface area (Å²) in [6, 6.07) is 5.01. The molecule has 0 aromatic heterocycles. The summed E-state index contributed by atoms with van der Waals surface area (Å²) in [5.74, 6) is 1.43. The van der Waals surface area contributed by atoms with Gasteiger partial charge in [-0.05, 0) is 49.3 Å². The summed E-state index contributed by atoms with van der Waals surface area (Å²) in [6.07, 6.45) is 5.25. The smallest absolute Gasteiger partial charge is 0.125 e. The number of hydrogen-bond donors (Lipinski definition) is 1. The first kappa shape index (κ1) is 10.4. The fraction of sp³-hybridized carbons (Fsp3) is 0.538. The second-order valence-corrected chi connectivity index (χ2v) is 5.46. The fourth-order valence-electron chi connectivity index (χ4n) is 3.23. The molecule has 1 N–H and O–H groups in total. The Morgan fingerprint density at radius 1 is 1.25 bits per heavy atom. The highest BCUT2D eigenvalue weighted by Gasteiger charge is 2.39. The van der Waals surface area contributed by atoms with Crippen molar-refractivity contribution in [2.75, 3.05) is 5.32 Å². The van der Waals surface area contributed by atoms with Crippen LogP contribution in [0.2, 0.25) is 5.02 Å². The standard InChI is InChI=1S/C13H15ClFN/c14-11-4-3-10(15)7-13(11)16-12-6-8-1-2-9(12)5-8/h3-4,7-9,12,16H,1-2,5-6H2. The molecule has 0 spiro atoms. The first-order chi connectivity index (χ1) is 7.72. The molecule has 3 atom stereocenters. The monoisotopic (exact) mass is 239 g/mol. The summed E-state index contributed by atoms with van der Waals surface area (Å²) in [7, 11) is 0. The highest BCUT2D eigenvalue weighted by atomic mass is 35.5. The van der Waals surface area contributed by atoms with Crippen molar-refractivity contribution in [3.63, 3.8) is 0 Å². The zero-order chi connectivity index (χ0) is 11.1. The van der Waals surface area contributed by atoms with E-state index >= 15 is 0 Å². The fourth-order valence-corrected chi connectivity index (χ4v) is 3.40. The lowest BCUT2D eigenvalue weighted by molar-refractivity contribution is 0.439. The number of anilines is 1. The first-order valence-corrected chi connectivity index (χ1v) is 6.32. The molecule has 0 amide bonds. The largest absolute Gasteiger partial charge is 0.381 e. The van der Waals surface area contributed by atoms with Crippen LogP contribution in [-0.4, -0.2) is 6.04 Å². The van der Waals surface area contributed by atoms with Crippen LogP contribution >= 0.6 is 11.6 Å². The van der Waals surface area contributed by atoms with Gasteiger partial charge in [-0.25, -0.2) is 4.39 Å². The van der Waals surface area contributed by atoms with E-state index in [-0.39, 0.29) is 5.82 Å². The Morgan fingerprint density at radius 3 is 2.81 bits per heavy atom. The Balaban J connectivity index is 1.76. The van der Waals surface area contributed by atoms with E-state index in [1.165, 1.54) is 37.8 Å². The highest BCUT2D eigenvalue weighted by Crippen LogP contribution is 2.45. The molecule has 3 heteroatoms. The number of nitrogens with one attached hydrogen (secondary N) is 1. The topological polar surface area (TPSA) is 12.0 Å². The van der Waals surface area contributed by atoms with E-state index in [9.17, 15) is 4.39 Å². The Labute approximate surface area is 100.0 Å². The molecule has 3 rings (SSSR count). The minimum absolute atomic E-state index is 0.227. The summed E-state index contributed by atoms with van der Waals surface area (Å²) >= 11 is 6.05. The summed E-state index contributed by atoms with van der Waals surface area (Å²) in [5.41, 5.74) is 0.749. The van der Waals surface area contributed by atoms with Crippen LogP contribution in [0.15, 0.2) is 18.2 Å². The predicted molar refractivity (Wildman–Crippen MR) is 64.3 cm³/mol. The van der Waals surface area contributed by atoms with Crippen LogP contribution in [0.1, 0.15) is 25.7 Å². The minimum atomic E-state index is -0.227. The van der Waals surface area contributed by atoms with E-state index in [1.807, 2.05) is 0 Å². The number of fused-ring (bicyclic) bond motifs is 2. The van der Waals surface area contributed by atoms with E-state index in [2.05, 4.69) is 5.32 Å². The van der Waals surface area contributed by atoms with Crippen molar-refractivity contribution in [1.29, 1.82) is 0 Å². The molecule has 1 aromatic rings. The summed E-state index contributed by atoms with van der Waals surface area (Å²) in [6.45, 7) is 0. The minimum Gasteiger partial charge on any atom is -0.381 e. The van der Waals surface area contributed by atoms with Gasteiger partial charge in [-0.1, -0.05) is 18.0 Å². The van der Waals surface area contributed by atoms with Gasteiger partial charge in [0.25, 0.3) is 0 Å². The molecule has 2 aliphatic rings. The van der Waals surface area contributed by atoms with Crippen molar-refractivity contribution in [1.82, 2.24) is 0 Å². The predicted octanol–water partition coefficient (Wildman–Crippen LogP) is 4.08. The number of halogens is 2. The highest BCUT2D eigenvalue weighted by molar-refractivity contribution is 6.33. The third kappa shape index (κ3) is 1.80. The van der Waals surface area contributed by atoms with Crippen LogP contribution in [0, 0.1) is 17.7 Å². The Hall–Kier alpha value is -0.760. The van der Waals surface area contributed by atoms with Gasteiger partial charge in [-0.2, -0.15) is 0 Å². The lowest BCUT2D eigenvalue weighted by atomic mass is 9.95. The maximum atomic E-state index is 13.1. The van der Waals surface area contributed by atoms with Gasteiger partial charge in [0.2, 0.25) is 0 Å². The van der Waals surface area contributed by atoms with Crippen LogP contribution in [0.25, 0.3) is 0 Å². The van der Waals surface area contributed by atoms with Crippen molar-refractivity contribution in [3.05, 3.63) is 29.0 Å². The SMILES string of the molecule is Fc1ccc(Cl)c(NC2CC3CCC2C3)c1. The van der Waals surface area contributed by atoms with Gasteiger partial charge in [0.15, 0.2) is 0 Å². The molecular formula is C13H15ClFN. The molecule has 86 valence electrons. The lowest BCUT2D eigenvalue weighted by Crippen LogP contribution is -2.25. The molecule has 2 fully saturated rings. The average Bonchev–Trinajstić information content (AvgIpc) is 2.85. The van der Waals surface area contributed by atoms with E-state index in [0.29, 0.717) is 11.1 Å². The number of rotatable bonds is 2. The van der Waals surface area contributed by atoms with Gasteiger partial charge in [0.1, 0.15) is 5.82 Å². The van der Waals surface area contributed by atoms with Gasteiger partial charge >= 0.3 is 0 Å². The molecule has 1 aromatic carbocycles. The van der Waals surface area contributed by atoms with Crippen LogP contribution in [0.5, 0.6) is 0 Å². The number of hydrogen-bond acceptors (Lipinski definition) is 1. The molecular weight excluding hydrogens is 225 g/mol. The molecule has 16 heavy (non-hydrogen) atoms. The van der Waals surface area contributed by atoms with E-state index in [1.54, 1.807) is 6.07 Å². The van der Waals surface area contributed by atoms with Crippen LogP contribution < -0.4 is 5.32 Å². The van der Waals surface area contributed by atoms with Crippen molar-refractivity contribution < 1.29 is 4.39 Å². The van der Waals surface area contributed by atoms with E-state index < -0.39 is 0 Å². The second kappa shape index (κ2) is 3.92. The van der Waals surface area contributed by atoms with Gasteiger partial charge in [-0.3, -0.25) is 0 Å². The molecule has 2 bridgehead atoms. The zero-order valence-corrected chi connectivity index (χ0v) is 9.80. The Morgan fingerprint density at radius 2 is 2.12 bits per heavy atom. The summed E-state index contributed by atoms with van der Waals surface area (Å²) in [4.78, 5) is 0. The van der Waals surface area contributed by atoms with Crippen molar-refractivity contribution in [3.8, 4) is 0 Å². The van der Waals surface area contributed by atoms with Crippen molar-refractivity contribution >= 4 is 17.3 Å². The normalized spacial score (nSPS) is 32.0. The molecule has 1 nitrogen and oxygen atoms in total. The van der Waals surface area contributed by atoms with Gasteiger partial charge in [-0.15, -0.1) is 0 Å². The molecule has 2 aliphatic carbocycles. The van der Waals surface area contributed by atoms with Gasteiger partial charge < -0.3 is 5.32 Å². The van der Waals surface area contributed by atoms with Crippen molar-refractivity contribution in [2.45, 2.75) is 31.7 Å². The molecule has 2 saturated carbocycles. The average molecular weight is 240 g/mol. The van der Waals surface area contributed by atoms with E-state index in [4.69, 9.17) is 11.6 Å². The molecule has 3 unspecified atom stereocenters. The molecule has 0 heterocycles. The second-order valence-electron chi connectivity index (χ2n) is 5.05. The Bertz CT molecular complexity index is 407. The van der Waals surface area contributed by atoms with Crippen LogP contribution in [0.4, 0.5) is 10.1 Å². The third-order valence-electron chi connectivity index (χ3n) is 4.01. The number of benzene rings is 1. The van der Waals surface area contributed by atoms with Crippen LogP contribution in [0.3, 0.4) is 0 Å². The van der Waals surface area contributed by atoms with Gasteiger partial charge in [0.05, 0.1) is 10.7 Å². The maximum Gasteiger partial charge on any atom is 0.125 e. The molecule has 0 aliphatic heterocycles. The quantitative estimate of drug-likeness (QED) is 0.820. The third-order valence-corrected chi connectivity index (χ3v) is 4.34. The lowest BCUT2D eigenvalue weighted by Gasteiger charge is -2.24.